The van der Waals surface area contributed by atoms with Gasteiger partial charge in [0.2, 0.25) is 0 Å². The normalized spacial score (nSPS) is 18.8. The monoisotopic (exact) mass is 663 g/mol. The van der Waals surface area contributed by atoms with Crippen LogP contribution in [0.3, 0.4) is 0 Å². The van der Waals surface area contributed by atoms with Gasteiger partial charge in [0.25, 0.3) is 0 Å². The van der Waals surface area contributed by atoms with Gasteiger partial charge in [-0.2, -0.15) is 17.0 Å². The number of rotatable bonds is 11. The minimum absolute atomic E-state index is 0.00551. The number of hydrogen-bond acceptors (Lipinski definition) is 13. The molecule has 0 bridgehead atoms. The zero-order valence-corrected chi connectivity index (χ0v) is 26.9. The Hall–Kier alpha value is -2.81. The molecule has 15 heteroatoms. The quantitative estimate of drug-likeness (QED) is 0.266. The van der Waals surface area contributed by atoms with Crippen LogP contribution in [0.1, 0.15) is 32.4 Å². The smallest absolute Gasteiger partial charge is 0.354 e. The number of pyridine rings is 2. The number of carboxylic acids is 2. The fourth-order valence-electron chi connectivity index (χ4n) is 4.34. The number of ether oxygens (including phenoxy) is 4. The number of hydrogen-bond donors (Lipinski definition) is 2. The molecule has 0 amide bonds. The lowest BCUT2D eigenvalue weighted by molar-refractivity contribution is -0.0238. The predicted octanol–water partition coefficient (Wildman–Crippen LogP) is 2.57. The number of aromatic nitrogens is 2. The third-order valence-electron chi connectivity index (χ3n) is 6.61. The number of aromatic carboxylic acids is 2. The summed E-state index contributed by atoms with van der Waals surface area (Å²) in [5.41, 5.74) is 1.32. The van der Waals surface area contributed by atoms with E-state index in [9.17, 15) is 19.8 Å². The summed E-state index contributed by atoms with van der Waals surface area (Å²) in [6, 6.07) is 9.95. The van der Waals surface area contributed by atoms with Gasteiger partial charge in [0.1, 0.15) is 16.8 Å². The molecule has 246 valence electrons. The van der Waals surface area contributed by atoms with E-state index in [1.165, 1.54) is 23.9 Å². The number of carboxylic acid groups (broad SMARTS) is 2. The molecule has 0 unspecified atom stereocenters. The summed E-state index contributed by atoms with van der Waals surface area (Å²) in [6.45, 7) is 6.30. The Kier molecular flexibility index (Phi) is 17.8. The van der Waals surface area contributed by atoms with Gasteiger partial charge in [-0.15, -0.1) is 0 Å². The molecule has 1 fully saturated rings. The zero-order valence-electron chi connectivity index (χ0n) is 25.3. The van der Waals surface area contributed by atoms with Crippen LogP contribution in [0.4, 0.5) is 0 Å². The van der Waals surface area contributed by atoms with Gasteiger partial charge >= 0.3 is 11.9 Å². The van der Waals surface area contributed by atoms with E-state index in [2.05, 4.69) is 25.2 Å². The van der Waals surface area contributed by atoms with Gasteiger partial charge in [0.15, 0.2) is 0 Å². The summed E-state index contributed by atoms with van der Waals surface area (Å²) in [5.74, 6) is 0.137. The van der Waals surface area contributed by atoms with Gasteiger partial charge in [0.05, 0.1) is 63.7 Å². The molecule has 0 saturated carbocycles. The summed E-state index contributed by atoms with van der Waals surface area (Å²) in [5, 5.41) is 29.5. The molecule has 0 spiro atoms. The fourth-order valence-corrected chi connectivity index (χ4v) is 5.86. The van der Waals surface area contributed by atoms with Gasteiger partial charge < -0.3 is 29.2 Å². The lowest BCUT2D eigenvalue weighted by Gasteiger charge is -2.25. The Bertz CT molecular complexity index is 1220. The molecule has 13 nitrogen and oxygen atoms in total. The third kappa shape index (κ3) is 15.4. The topological polar surface area (TPSA) is 168 Å². The highest BCUT2D eigenvalue weighted by Gasteiger charge is 2.16. The number of thiocyanates is 1. The molecule has 1 aliphatic heterocycles. The van der Waals surface area contributed by atoms with E-state index in [0.717, 1.165) is 11.5 Å². The summed E-state index contributed by atoms with van der Waals surface area (Å²) in [7, 11) is 0. The van der Waals surface area contributed by atoms with E-state index in [0.29, 0.717) is 103 Å². The molecule has 3 heterocycles. The van der Waals surface area contributed by atoms with Crippen molar-refractivity contribution >= 4 is 35.5 Å². The molecule has 3 rings (SSSR count). The first kappa shape index (κ1) is 36.7. The number of nitrogens with zero attached hydrogens (tertiary/aromatic N) is 5. The Labute approximate surface area is 272 Å². The van der Waals surface area contributed by atoms with Crippen LogP contribution < -0.4 is 0 Å². The van der Waals surface area contributed by atoms with E-state index < -0.39 is 11.9 Å². The molecular weight excluding hydrogens is 622 g/mol. The summed E-state index contributed by atoms with van der Waals surface area (Å²) in [4.78, 5) is 35.5. The van der Waals surface area contributed by atoms with Crippen molar-refractivity contribution in [3.8, 4) is 5.40 Å². The molecule has 1 saturated heterocycles. The van der Waals surface area contributed by atoms with Crippen LogP contribution in [-0.2, 0) is 32.0 Å². The Balaban J connectivity index is 1.61. The van der Waals surface area contributed by atoms with E-state index in [4.69, 9.17) is 24.2 Å². The molecule has 2 aromatic heterocycles. The molecule has 1 atom stereocenters. The maximum Gasteiger partial charge on any atom is 0.354 e. The van der Waals surface area contributed by atoms with Gasteiger partial charge in [-0.05, 0) is 36.0 Å². The molecule has 45 heavy (non-hydrogen) atoms. The molecule has 1 aliphatic rings. The second-order valence-electron chi connectivity index (χ2n) is 10.00. The first-order valence-corrected chi connectivity index (χ1v) is 16.8. The van der Waals surface area contributed by atoms with Crippen LogP contribution in [0.25, 0.3) is 0 Å². The van der Waals surface area contributed by atoms with Crippen molar-refractivity contribution in [3.05, 3.63) is 59.2 Å². The summed E-state index contributed by atoms with van der Waals surface area (Å²) in [6.07, 6.45) is -0.168. The van der Waals surface area contributed by atoms with Gasteiger partial charge in [0, 0.05) is 56.5 Å². The zero-order chi connectivity index (χ0) is 32.1. The molecule has 2 aromatic rings. The van der Waals surface area contributed by atoms with Crippen LogP contribution in [0.5, 0.6) is 0 Å². The van der Waals surface area contributed by atoms with Crippen molar-refractivity contribution in [2.24, 2.45) is 0 Å². The maximum absolute atomic E-state index is 11.4. The van der Waals surface area contributed by atoms with Crippen LogP contribution in [-0.4, -0.2) is 138 Å². The van der Waals surface area contributed by atoms with Crippen molar-refractivity contribution in [1.82, 2.24) is 19.8 Å². The highest BCUT2D eigenvalue weighted by molar-refractivity contribution is 8.05. The molecule has 0 radical (unpaired) electrons. The Morgan fingerprint density at radius 2 is 1.33 bits per heavy atom. The van der Waals surface area contributed by atoms with Gasteiger partial charge in [-0.3, -0.25) is 9.80 Å². The number of thioether (sulfide) groups is 2. The Morgan fingerprint density at radius 1 is 0.800 bits per heavy atom. The van der Waals surface area contributed by atoms with Crippen molar-refractivity contribution in [2.45, 2.75) is 19.2 Å². The lowest BCUT2D eigenvalue weighted by atomic mass is 10.3. The van der Waals surface area contributed by atoms with E-state index >= 15 is 0 Å². The first-order valence-electron chi connectivity index (χ1n) is 14.7. The van der Waals surface area contributed by atoms with Crippen LogP contribution >= 0.6 is 23.5 Å². The number of nitriles is 1. The fraction of sp³-hybridized carbons (Fsp3) is 0.567. The summed E-state index contributed by atoms with van der Waals surface area (Å²) < 4.78 is 24.0. The average Bonchev–Trinajstić information content (AvgIpc) is 3.03. The molecule has 0 aromatic carbocycles. The van der Waals surface area contributed by atoms with Crippen LogP contribution in [0.2, 0.25) is 0 Å². The largest absolute Gasteiger partial charge is 0.477 e. The van der Waals surface area contributed by atoms with Crippen molar-refractivity contribution in [2.75, 3.05) is 89.7 Å². The Morgan fingerprint density at radius 3 is 1.87 bits per heavy atom. The van der Waals surface area contributed by atoms with Crippen LogP contribution in [0.15, 0.2) is 36.4 Å². The highest BCUT2D eigenvalue weighted by Crippen LogP contribution is 2.12. The van der Waals surface area contributed by atoms with E-state index in [-0.39, 0.29) is 17.5 Å². The van der Waals surface area contributed by atoms with Gasteiger partial charge in [-0.1, -0.05) is 12.1 Å². The summed E-state index contributed by atoms with van der Waals surface area (Å²) >= 11 is 2.94. The second-order valence-corrected chi connectivity index (χ2v) is 12.0. The van der Waals surface area contributed by atoms with Gasteiger partial charge in [-0.25, -0.2) is 19.6 Å². The highest BCUT2D eigenvalue weighted by atomic mass is 32.2. The lowest BCUT2D eigenvalue weighted by Crippen LogP contribution is -2.35. The first-order chi connectivity index (χ1) is 21.9. The van der Waals surface area contributed by atoms with Crippen molar-refractivity contribution in [3.63, 3.8) is 0 Å². The number of carbonyl (C=O) groups is 2. The molecule has 0 aliphatic carbocycles. The standard InChI is InChI=1S/C30H41N5O8S2/c31-23-45-18-17-44-22-26-21-42-13-9-34(19-24-3-1-5-27(32-24)29(36)37)7-11-40-15-16-41-12-8-35(10-14-43-26)20-25-4-2-6-28(33-25)30(38)39/h1-6,26H,7-22H2,(H,36,37)(H,38,39)/t26-/m0/s1. The van der Waals surface area contributed by atoms with Crippen molar-refractivity contribution in [1.29, 1.82) is 5.26 Å². The van der Waals surface area contributed by atoms with E-state index in [1.807, 2.05) is 6.07 Å². The minimum atomic E-state index is -1.07. The van der Waals surface area contributed by atoms with E-state index in [1.54, 1.807) is 30.0 Å². The molecule has 2 N–H and O–H groups in total. The van der Waals surface area contributed by atoms with Crippen molar-refractivity contribution < 1.29 is 38.7 Å². The minimum Gasteiger partial charge on any atom is -0.477 e. The van der Waals surface area contributed by atoms with Crippen LogP contribution in [0, 0.1) is 10.7 Å². The predicted molar refractivity (Wildman–Crippen MR) is 171 cm³/mol. The maximum atomic E-state index is 11.4. The average molecular weight is 664 g/mol. The third-order valence-corrected chi connectivity index (χ3v) is 8.51. The molecular formula is C30H41N5O8S2. The SMILES string of the molecule is N#CSCCSC[C@@H]1COCCN(Cc2cccc(C(=O)O)n2)CCOCCOCCN(Cc2cccc(C(=O)O)n2)CCO1. The second kappa shape index (κ2) is 21.8.